The van der Waals surface area contributed by atoms with Crippen LogP contribution in [-0.4, -0.2) is 26.1 Å². The molecule has 0 bridgehead atoms. The second-order valence-electron chi connectivity index (χ2n) is 2.63. The molecule has 0 fully saturated rings. The zero-order chi connectivity index (χ0) is 10.7. The second-order valence-corrected chi connectivity index (χ2v) is 2.63. The summed E-state index contributed by atoms with van der Waals surface area (Å²) in [7, 11) is 0. The van der Waals surface area contributed by atoms with Crippen molar-refractivity contribution in [2.24, 2.45) is 0 Å². The molecule has 0 aliphatic carbocycles. The third kappa shape index (κ3) is 2.13. The van der Waals surface area contributed by atoms with Crippen molar-refractivity contribution in [3.05, 3.63) is 36.2 Å². The molecule has 0 unspecified atom stereocenters. The van der Waals surface area contributed by atoms with E-state index >= 15 is 0 Å². The van der Waals surface area contributed by atoms with E-state index in [1.165, 1.54) is 18.5 Å². The molecule has 1 amide bonds. The van der Waals surface area contributed by atoms with E-state index < -0.39 is 11.9 Å². The van der Waals surface area contributed by atoms with E-state index in [1.807, 2.05) is 0 Å². The summed E-state index contributed by atoms with van der Waals surface area (Å²) in [6.07, 6.45) is 1.24. The van der Waals surface area contributed by atoms with Crippen LogP contribution in [0.15, 0.2) is 24.5 Å². The number of nitrogens with zero attached hydrogens (tertiary/aromatic N) is 3. The van der Waals surface area contributed by atoms with Crippen LogP contribution in [0.1, 0.15) is 10.5 Å². The van der Waals surface area contributed by atoms with Gasteiger partial charge < -0.3 is 0 Å². The Hall–Kier alpha value is -2.31. The van der Waals surface area contributed by atoms with Gasteiger partial charge in [0.1, 0.15) is 12.0 Å². The topological polar surface area (TPSA) is 83.6 Å². The molecule has 7 heteroatoms. The minimum absolute atomic E-state index is 0.0219. The van der Waals surface area contributed by atoms with Gasteiger partial charge in [0.2, 0.25) is 11.9 Å². The van der Waals surface area contributed by atoms with E-state index in [-0.39, 0.29) is 11.6 Å². The molecule has 2 rings (SSSR count). The number of H-pyrrole nitrogens is 1. The van der Waals surface area contributed by atoms with Crippen molar-refractivity contribution in [1.29, 1.82) is 0 Å². The number of carbonyl (C=O) groups is 1. The van der Waals surface area contributed by atoms with Gasteiger partial charge in [0.15, 0.2) is 0 Å². The van der Waals surface area contributed by atoms with Crippen LogP contribution in [0.5, 0.6) is 0 Å². The first-order chi connectivity index (χ1) is 7.25. The smallest absolute Gasteiger partial charge is 0.276 e. The number of hydrogen-bond donors (Lipinski definition) is 2. The van der Waals surface area contributed by atoms with Crippen LogP contribution in [0.3, 0.4) is 0 Å². The predicted octanol–water partition coefficient (Wildman–Crippen LogP) is 0.591. The Morgan fingerprint density at radius 3 is 3.00 bits per heavy atom. The Kier molecular flexibility index (Phi) is 2.36. The van der Waals surface area contributed by atoms with E-state index in [0.29, 0.717) is 0 Å². The number of pyridine rings is 1. The highest BCUT2D eigenvalue weighted by Gasteiger charge is 2.09. The molecule has 2 heterocycles. The number of nitrogens with one attached hydrogen (secondary N) is 2. The van der Waals surface area contributed by atoms with Gasteiger partial charge in [-0.15, -0.1) is 0 Å². The number of aromatic nitrogens is 4. The number of carbonyl (C=O) groups excluding carboxylic acids is 1. The summed E-state index contributed by atoms with van der Waals surface area (Å²) < 4.78 is 12.7. The average molecular weight is 207 g/mol. The van der Waals surface area contributed by atoms with Gasteiger partial charge in [-0.3, -0.25) is 10.1 Å². The molecule has 2 N–H and O–H groups in total. The van der Waals surface area contributed by atoms with Gasteiger partial charge in [0.25, 0.3) is 5.91 Å². The van der Waals surface area contributed by atoms with Crippen LogP contribution in [0.25, 0.3) is 0 Å². The summed E-state index contributed by atoms with van der Waals surface area (Å²) in [5, 5.41) is 8.35. The van der Waals surface area contributed by atoms with E-state index in [0.717, 1.165) is 6.07 Å². The molecule has 15 heavy (non-hydrogen) atoms. The molecule has 0 radical (unpaired) electrons. The van der Waals surface area contributed by atoms with E-state index in [4.69, 9.17) is 0 Å². The summed E-state index contributed by atoms with van der Waals surface area (Å²) in [5.41, 5.74) is -0.0219. The zero-order valence-electron chi connectivity index (χ0n) is 7.44. The second kappa shape index (κ2) is 3.82. The lowest BCUT2D eigenvalue weighted by Crippen LogP contribution is -2.15. The molecule has 6 nitrogen and oxygen atoms in total. The number of halogens is 1. The Morgan fingerprint density at radius 2 is 2.33 bits per heavy atom. The van der Waals surface area contributed by atoms with Gasteiger partial charge in [-0.1, -0.05) is 6.07 Å². The third-order valence-corrected chi connectivity index (χ3v) is 1.59. The van der Waals surface area contributed by atoms with Crippen molar-refractivity contribution in [2.45, 2.75) is 0 Å². The molecular formula is C8H6FN5O. The van der Waals surface area contributed by atoms with Crippen LogP contribution in [0.2, 0.25) is 0 Å². The normalized spacial score (nSPS) is 9.93. The Labute approximate surface area is 83.6 Å². The van der Waals surface area contributed by atoms with Crippen molar-refractivity contribution in [2.75, 3.05) is 5.32 Å². The van der Waals surface area contributed by atoms with Crippen molar-refractivity contribution in [1.82, 2.24) is 20.2 Å². The number of anilines is 1. The minimum Gasteiger partial charge on any atom is -0.289 e. The zero-order valence-corrected chi connectivity index (χ0v) is 7.44. The SMILES string of the molecule is O=C(Nc1ncn[nH]1)c1cccc(F)n1. The largest absolute Gasteiger partial charge is 0.289 e. The molecule has 0 aliphatic rings. The Balaban J connectivity index is 2.15. The molecule has 76 valence electrons. The quantitative estimate of drug-likeness (QED) is 0.706. The first-order valence-electron chi connectivity index (χ1n) is 4.05. The summed E-state index contributed by atoms with van der Waals surface area (Å²) in [6.45, 7) is 0. The lowest BCUT2D eigenvalue weighted by molar-refractivity contribution is 0.102. The highest BCUT2D eigenvalue weighted by atomic mass is 19.1. The molecule has 0 aliphatic heterocycles. The molecule has 0 saturated heterocycles. The van der Waals surface area contributed by atoms with Crippen molar-refractivity contribution >= 4 is 11.9 Å². The number of aromatic amines is 1. The van der Waals surface area contributed by atoms with Gasteiger partial charge in [0, 0.05) is 0 Å². The maximum absolute atomic E-state index is 12.7. The highest BCUT2D eigenvalue weighted by molar-refractivity contribution is 6.01. The third-order valence-electron chi connectivity index (χ3n) is 1.59. The summed E-state index contributed by atoms with van der Waals surface area (Å²) in [5.74, 6) is -1.07. The minimum atomic E-state index is -0.708. The molecule has 0 aromatic carbocycles. The summed E-state index contributed by atoms with van der Waals surface area (Å²) >= 11 is 0. The molecular weight excluding hydrogens is 201 g/mol. The Morgan fingerprint density at radius 1 is 1.47 bits per heavy atom. The van der Waals surface area contributed by atoms with Crippen LogP contribution >= 0.6 is 0 Å². The van der Waals surface area contributed by atoms with E-state index in [1.54, 1.807) is 0 Å². The van der Waals surface area contributed by atoms with Crippen LogP contribution in [0, 0.1) is 5.95 Å². The van der Waals surface area contributed by atoms with Gasteiger partial charge >= 0.3 is 0 Å². The van der Waals surface area contributed by atoms with Crippen molar-refractivity contribution in [3.63, 3.8) is 0 Å². The van der Waals surface area contributed by atoms with Crippen LogP contribution in [-0.2, 0) is 0 Å². The summed E-state index contributed by atoms with van der Waals surface area (Å²) in [6, 6.07) is 3.96. The first-order valence-corrected chi connectivity index (χ1v) is 4.05. The van der Waals surface area contributed by atoms with Gasteiger partial charge in [-0.25, -0.2) is 10.1 Å². The molecule has 0 spiro atoms. The lowest BCUT2D eigenvalue weighted by atomic mass is 10.3. The van der Waals surface area contributed by atoms with Gasteiger partial charge in [-0.2, -0.15) is 14.5 Å². The molecule has 0 atom stereocenters. The lowest BCUT2D eigenvalue weighted by Gasteiger charge is -1.99. The molecule has 0 saturated carbocycles. The molecule has 2 aromatic heterocycles. The highest BCUT2D eigenvalue weighted by Crippen LogP contribution is 2.01. The summed E-state index contributed by atoms with van der Waals surface area (Å²) in [4.78, 5) is 18.5. The van der Waals surface area contributed by atoms with E-state index in [2.05, 4.69) is 25.5 Å². The van der Waals surface area contributed by atoms with Gasteiger partial charge in [0.05, 0.1) is 0 Å². The number of amides is 1. The standard InChI is InChI=1S/C8H6FN5O/c9-6-3-1-2-5(12-6)7(15)13-8-10-4-11-14-8/h1-4H,(H2,10,11,13,14,15). The number of hydrogen-bond acceptors (Lipinski definition) is 4. The van der Waals surface area contributed by atoms with Crippen LogP contribution in [0.4, 0.5) is 10.3 Å². The Bertz CT molecular complexity index is 470. The molecule has 2 aromatic rings. The van der Waals surface area contributed by atoms with Crippen LogP contribution < -0.4 is 5.32 Å². The van der Waals surface area contributed by atoms with Gasteiger partial charge in [-0.05, 0) is 12.1 Å². The first kappa shape index (κ1) is 9.25. The fourth-order valence-electron chi connectivity index (χ4n) is 0.972. The maximum Gasteiger partial charge on any atom is 0.276 e. The van der Waals surface area contributed by atoms with Crippen molar-refractivity contribution in [3.8, 4) is 0 Å². The fraction of sp³-hybridized carbons (Fsp3) is 0. The predicted molar refractivity (Wildman–Crippen MR) is 48.5 cm³/mol. The number of rotatable bonds is 2. The maximum atomic E-state index is 12.7. The monoisotopic (exact) mass is 207 g/mol. The van der Waals surface area contributed by atoms with Crippen molar-refractivity contribution < 1.29 is 9.18 Å². The fourth-order valence-corrected chi connectivity index (χ4v) is 0.972. The van der Waals surface area contributed by atoms with E-state index in [9.17, 15) is 9.18 Å². The average Bonchev–Trinajstić information content (AvgIpc) is 2.70.